The molecule has 0 atom stereocenters. The van der Waals surface area contributed by atoms with Crippen molar-refractivity contribution in [1.82, 2.24) is 0 Å². The van der Waals surface area contributed by atoms with E-state index in [2.05, 4.69) is 15.9 Å². The van der Waals surface area contributed by atoms with Gasteiger partial charge in [0.05, 0.1) is 0 Å². The number of carbonyl (C=O) groups is 1. The average Bonchev–Trinajstić information content (AvgIpc) is 2.57. The maximum Gasteiger partial charge on any atom is 0.446 e. The zero-order chi connectivity index (χ0) is 26.7. The highest BCUT2D eigenvalue weighted by molar-refractivity contribution is 9.10. The SMILES string of the molecule is CC(=O)c1cc(SC(F)(F)F)cc(C(C)(C)C)c1.CC(C)(C)c1cc(Br)cc(SC(F)(F)F)c1. The quantitative estimate of drug-likeness (QED) is 0.202. The molecule has 0 bridgehead atoms. The summed E-state index contributed by atoms with van der Waals surface area (Å²) in [5.74, 6) is -0.231. The Morgan fingerprint density at radius 3 is 1.41 bits per heavy atom. The molecular formula is C24H27BrF6OS2. The molecule has 0 saturated carbocycles. The zero-order valence-corrected chi connectivity index (χ0v) is 23.1. The molecule has 10 heteroatoms. The third kappa shape index (κ3) is 11.5. The van der Waals surface area contributed by atoms with Gasteiger partial charge in [-0.3, -0.25) is 4.79 Å². The molecule has 0 aliphatic carbocycles. The molecule has 0 heterocycles. The molecule has 0 saturated heterocycles. The van der Waals surface area contributed by atoms with Crippen LogP contribution < -0.4 is 0 Å². The van der Waals surface area contributed by atoms with Gasteiger partial charge in [0.25, 0.3) is 0 Å². The molecule has 34 heavy (non-hydrogen) atoms. The molecule has 0 aliphatic heterocycles. The Morgan fingerprint density at radius 2 is 1.06 bits per heavy atom. The van der Waals surface area contributed by atoms with Crippen molar-refractivity contribution in [1.29, 1.82) is 0 Å². The third-order valence-corrected chi connectivity index (χ3v) is 6.25. The fourth-order valence-electron chi connectivity index (χ4n) is 2.62. The van der Waals surface area contributed by atoms with Crippen LogP contribution in [0.3, 0.4) is 0 Å². The Kier molecular flexibility index (Phi) is 10.3. The van der Waals surface area contributed by atoms with Gasteiger partial charge in [-0.15, -0.1) is 0 Å². The van der Waals surface area contributed by atoms with E-state index in [0.717, 1.165) is 11.1 Å². The minimum atomic E-state index is -4.34. The van der Waals surface area contributed by atoms with Crippen molar-refractivity contribution in [3.8, 4) is 0 Å². The summed E-state index contributed by atoms with van der Waals surface area (Å²) >= 11 is 2.96. The first-order valence-electron chi connectivity index (χ1n) is 10.1. The topological polar surface area (TPSA) is 17.1 Å². The molecule has 0 aliphatic rings. The van der Waals surface area contributed by atoms with Gasteiger partial charge < -0.3 is 0 Å². The monoisotopic (exact) mass is 588 g/mol. The van der Waals surface area contributed by atoms with E-state index in [4.69, 9.17) is 0 Å². The second-order valence-electron chi connectivity index (χ2n) is 9.57. The van der Waals surface area contributed by atoms with Crippen molar-refractivity contribution in [3.63, 3.8) is 0 Å². The Balaban J connectivity index is 0.000000342. The number of Topliss-reactive ketones (excluding diaryl/α,β-unsaturated/α-hetero) is 1. The van der Waals surface area contributed by atoms with Crippen molar-refractivity contribution in [2.24, 2.45) is 0 Å². The molecule has 1 nitrogen and oxygen atoms in total. The van der Waals surface area contributed by atoms with Crippen molar-refractivity contribution in [2.75, 3.05) is 0 Å². The maximum absolute atomic E-state index is 12.4. The average molecular weight is 590 g/mol. The molecule has 0 radical (unpaired) electrons. The van der Waals surface area contributed by atoms with E-state index < -0.39 is 11.0 Å². The van der Waals surface area contributed by atoms with Gasteiger partial charge in [-0.2, -0.15) is 26.3 Å². The van der Waals surface area contributed by atoms with Crippen LogP contribution in [0.4, 0.5) is 26.3 Å². The Bertz CT molecular complexity index is 1000. The summed E-state index contributed by atoms with van der Waals surface area (Å²) in [5, 5.41) is 0. The fourth-order valence-corrected chi connectivity index (χ4v) is 4.54. The highest BCUT2D eigenvalue weighted by atomic mass is 79.9. The van der Waals surface area contributed by atoms with Crippen molar-refractivity contribution in [3.05, 3.63) is 57.6 Å². The third-order valence-electron chi connectivity index (χ3n) is 4.38. The largest absolute Gasteiger partial charge is 0.446 e. The lowest BCUT2D eigenvalue weighted by atomic mass is 9.86. The molecule has 0 unspecified atom stereocenters. The van der Waals surface area contributed by atoms with Gasteiger partial charge in [-0.1, -0.05) is 57.5 Å². The molecule has 2 aromatic carbocycles. The summed E-state index contributed by atoms with van der Waals surface area (Å²) < 4.78 is 74.6. The number of carbonyl (C=O) groups excluding carboxylic acids is 1. The van der Waals surface area contributed by atoms with Gasteiger partial charge in [0, 0.05) is 19.8 Å². The number of benzene rings is 2. The summed E-state index contributed by atoms with van der Waals surface area (Å²) in [6.45, 7) is 12.9. The lowest BCUT2D eigenvalue weighted by Gasteiger charge is -2.21. The van der Waals surface area contributed by atoms with Crippen LogP contribution in [0.1, 0.15) is 70.0 Å². The zero-order valence-electron chi connectivity index (χ0n) is 19.8. The van der Waals surface area contributed by atoms with Gasteiger partial charge in [-0.25, -0.2) is 0 Å². The van der Waals surface area contributed by atoms with Gasteiger partial charge >= 0.3 is 11.0 Å². The number of alkyl halides is 6. The number of thioether (sulfide) groups is 2. The molecule has 2 rings (SSSR count). The summed E-state index contributed by atoms with van der Waals surface area (Å²) in [5.41, 5.74) is -7.12. The Hall–Kier alpha value is -1.13. The molecule has 190 valence electrons. The molecule has 0 N–H and O–H groups in total. The van der Waals surface area contributed by atoms with E-state index in [1.54, 1.807) is 12.1 Å². The van der Waals surface area contributed by atoms with Crippen LogP contribution in [0.25, 0.3) is 0 Å². The van der Waals surface area contributed by atoms with Crippen molar-refractivity contribution >= 4 is 45.2 Å². The first-order chi connectivity index (χ1) is 15.1. The number of rotatable bonds is 3. The molecule has 0 fully saturated rings. The first-order valence-corrected chi connectivity index (χ1v) is 12.5. The second kappa shape index (κ2) is 11.3. The van der Waals surface area contributed by atoms with Crippen LogP contribution in [-0.2, 0) is 10.8 Å². The number of hydrogen-bond acceptors (Lipinski definition) is 3. The predicted octanol–water partition coefficient (Wildman–Crippen LogP) is 10.2. The van der Waals surface area contributed by atoms with Crippen LogP contribution in [0.2, 0.25) is 0 Å². The molecule has 0 spiro atoms. The van der Waals surface area contributed by atoms with Crippen molar-refractivity contribution in [2.45, 2.75) is 80.1 Å². The Morgan fingerprint density at radius 1 is 0.676 bits per heavy atom. The maximum atomic E-state index is 12.4. The van der Waals surface area contributed by atoms with Gasteiger partial charge in [-0.05, 0) is 88.8 Å². The summed E-state index contributed by atoms with van der Waals surface area (Å²) in [6.07, 6.45) is 0. The van der Waals surface area contributed by atoms with Gasteiger partial charge in [0.15, 0.2) is 5.78 Å². The summed E-state index contributed by atoms with van der Waals surface area (Å²) in [7, 11) is 0. The second-order valence-corrected chi connectivity index (χ2v) is 12.8. The van der Waals surface area contributed by atoms with E-state index in [0.29, 0.717) is 10.0 Å². The normalized spacial score (nSPS) is 12.8. The van der Waals surface area contributed by atoms with Crippen LogP contribution in [0.15, 0.2) is 50.7 Å². The van der Waals surface area contributed by atoms with Crippen LogP contribution in [0, 0.1) is 0 Å². The van der Waals surface area contributed by atoms with E-state index in [1.807, 2.05) is 47.6 Å². The molecule has 0 aromatic heterocycles. The highest BCUT2D eigenvalue weighted by Crippen LogP contribution is 2.40. The highest BCUT2D eigenvalue weighted by Gasteiger charge is 2.31. The van der Waals surface area contributed by atoms with Gasteiger partial charge in [0.1, 0.15) is 0 Å². The summed E-state index contributed by atoms with van der Waals surface area (Å²) in [4.78, 5) is 11.6. The minimum absolute atomic E-state index is 0.0557. The van der Waals surface area contributed by atoms with Crippen LogP contribution >= 0.6 is 39.5 Å². The van der Waals surface area contributed by atoms with Gasteiger partial charge in [0.2, 0.25) is 0 Å². The van der Waals surface area contributed by atoms with E-state index >= 15 is 0 Å². The van der Waals surface area contributed by atoms with E-state index in [9.17, 15) is 31.1 Å². The van der Waals surface area contributed by atoms with Crippen LogP contribution in [-0.4, -0.2) is 16.8 Å². The smallest absolute Gasteiger partial charge is 0.295 e. The minimum Gasteiger partial charge on any atom is -0.295 e. The number of hydrogen-bond donors (Lipinski definition) is 0. The molecular weight excluding hydrogens is 562 g/mol. The summed E-state index contributed by atoms with van der Waals surface area (Å²) in [6, 6.07) is 9.35. The standard InChI is InChI=1S/C13H15F3OS.C11H12BrF3S/c1-8(17)9-5-10(12(2,3)4)7-11(6-9)18-13(14,15)16;1-10(2,3)7-4-8(12)6-9(5-7)16-11(13,14)15/h5-7H,1-4H3;4-6H,1-3H3. The number of ketones is 1. The lowest BCUT2D eigenvalue weighted by molar-refractivity contribution is -0.0337. The Labute approximate surface area is 213 Å². The number of halogens is 7. The van der Waals surface area contributed by atoms with E-state index in [1.165, 1.54) is 25.1 Å². The van der Waals surface area contributed by atoms with E-state index in [-0.39, 0.29) is 49.9 Å². The fraction of sp³-hybridized carbons (Fsp3) is 0.458. The first kappa shape index (κ1) is 30.9. The molecule has 2 aromatic rings. The predicted molar refractivity (Wildman–Crippen MR) is 132 cm³/mol. The lowest BCUT2D eigenvalue weighted by Crippen LogP contribution is -2.13. The van der Waals surface area contributed by atoms with Crippen molar-refractivity contribution < 1.29 is 31.1 Å². The molecule has 0 amide bonds. The van der Waals surface area contributed by atoms with Crippen LogP contribution in [0.5, 0.6) is 0 Å².